The van der Waals surface area contributed by atoms with Gasteiger partial charge in [-0.2, -0.15) is 0 Å². The Morgan fingerprint density at radius 1 is 1.04 bits per heavy atom. The van der Waals surface area contributed by atoms with Gasteiger partial charge in [-0.1, -0.05) is 54.1 Å². The second-order valence-corrected chi connectivity index (χ2v) is 4.97. The number of nitrogens with two attached hydrogens (primary N) is 2. The number of nitroso groups, excluding NO2 is 1. The average Bonchev–Trinajstić information content (AvgIpc) is 2.60. The number of rotatable bonds is 3. The van der Waals surface area contributed by atoms with E-state index in [4.69, 9.17) is 11.5 Å². The Bertz CT molecular complexity index is 738. The van der Waals surface area contributed by atoms with E-state index in [0.717, 1.165) is 16.5 Å². The molecule has 0 aliphatic heterocycles. The first-order valence-corrected chi connectivity index (χ1v) is 7.36. The van der Waals surface area contributed by atoms with E-state index in [1.807, 2.05) is 75.4 Å². The Morgan fingerprint density at radius 3 is 2.35 bits per heavy atom. The molecule has 0 bridgehead atoms. The van der Waals surface area contributed by atoms with Gasteiger partial charge < -0.3 is 11.5 Å². The van der Waals surface area contributed by atoms with Crippen LogP contribution in [0.25, 0.3) is 10.8 Å². The van der Waals surface area contributed by atoms with Crippen molar-refractivity contribution in [1.29, 1.82) is 0 Å². The lowest BCUT2D eigenvalue weighted by Gasteiger charge is -2.02. The van der Waals surface area contributed by atoms with Crippen LogP contribution in [0.5, 0.6) is 0 Å². The van der Waals surface area contributed by atoms with Crippen molar-refractivity contribution in [2.75, 3.05) is 5.73 Å². The number of anilines is 1. The molecule has 120 valence electrons. The van der Waals surface area contributed by atoms with Crippen molar-refractivity contribution in [3.63, 3.8) is 0 Å². The molecule has 2 rings (SSSR count). The Kier molecular flexibility index (Phi) is 7.27. The van der Waals surface area contributed by atoms with Crippen LogP contribution in [0.3, 0.4) is 0 Å². The number of benzene rings is 2. The van der Waals surface area contributed by atoms with Crippen LogP contribution >= 0.6 is 0 Å². The van der Waals surface area contributed by atoms with Gasteiger partial charge in [-0.25, -0.2) is 0 Å². The molecule has 0 unspecified atom stereocenters. The first-order valence-electron chi connectivity index (χ1n) is 7.36. The van der Waals surface area contributed by atoms with Crippen molar-refractivity contribution in [3.8, 4) is 0 Å². The zero-order chi connectivity index (χ0) is 17.2. The lowest BCUT2D eigenvalue weighted by molar-refractivity contribution is 1.37. The highest BCUT2D eigenvalue weighted by Crippen LogP contribution is 2.30. The molecule has 0 saturated heterocycles. The molecule has 23 heavy (non-hydrogen) atoms. The van der Waals surface area contributed by atoms with Crippen LogP contribution in [0, 0.1) is 4.91 Å². The maximum atomic E-state index is 10.3. The fourth-order valence-corrected chi connectivity index (χ4v) is 1.78. The molecule has 4 nitrogen and oxygen atoms in total. The molecule has 2 aromatic rings. The summed E-state index contributed by atoms with van der Waals surface area (Å²) in [4.78, 5) is 10.3. The van der Waals surface area contributed by atoms with Gasteiger partial charge in [0.05, 0.1) is 5.69 Å². The number of allylic oxidation sites excluding steroid dienone is 5. The highest BCUT2D eigenvalue weighted by atomic mass is 16.3. The molecular weight excluding hydrogens is 286 g/mol. The summed E-state index contributed by atoms with van der Waals surface area (Å²) in [6.45, 7) is 5.97. The lowest BCUT2D eigenvalue weighted by Crippen LogP contribution is -1.90. The third kappa shape index (κ3) is 5.43. The molecule has 0 radical (unpaired) electrons. The minimum Gasteiger partial charge on any atom is -0.399 e. The number of hydrogen-bond acceptors (Lipinski definition) is 4. The van der Waals surface area contributed by atoms with E-state index < -0.39 is 0 Å². The first-order chi connectivity index (χ1) is 11.0. The zero-order valence-electron chi connectivity index (χ0n) is 13.8. The Hall–Kier alpha value is -2.88. The van der Waals surface area contributed by atoms with Gasteiger partial charge in [-0.05, 0) is 43.5 Å². The van der Waals surface area contributed by atoms with Crippen LogP contribution in [0.15, 0.2) is 77.1 Å². The molecule has 4 heteroatoms. The van der Waals surface area contributed by atoms with Crippen molar-refractivity contribution in [2.45, 2.75) is 20.8 Å². The van der Waals surface area contributed by atoms with Crippen molar-refractivity contribution in [3.05, 3.63) is 76.9 Å². The maximum Gasteiger partial charge on any atom is 0.131 e. The molecule has 0 aromatic heterocycles. The van der Waals surface area contributed by atoms with Gasteiger partial charge >= 0.3 is 0 Å². The molecule has 0 saturated carbocycles. The summed E-state index contributed by atoms with van der Waals surface area (Å²) in [6.07, 6.45) is 7.81. The van der Waals surface area contributed by atoms with E-state index in [1.165, 1.54) is 5.57 Å². The highest BCUT2D eigenvalue weighted by molar-refractivity contribution is 5.97. The smallest absolute Gasteiger partial charge is 0.131 e. The van der Waals surface area contributed by atoms with E-state index in [2.05, 4.69) is 5.18 Å². The van der Waals surface area contributed by atoms with Crippen molar-refractivity contribution in [2.24, 2.45) is 10.9 Å². The van der Waals surface area contributed by atoms with Crippen LogP contribution in [-0.4, -0.2) is 0 Å². The summed E-state index contributed by atoms with van der Waals surface area (Å²) in [5.41, 5.74) is 14.0. The molecule has 2 aromatic carbocycles. The number of nitrogens with zero attached hydrogens (tertiary/aromatic N) is 1. The fraction of sp³-hybridized carbons (Fsp3) is 0.158. The first kappa shape index (κ1) is 18.2. The lowest BCUT2D eigenvalue weighted by atomic mass is 10.1. The highest BCUT2D eigenvalue weighted by Gasteiger charge is 2.02. The molecule has 0 aliphatic rings. The quantitative estimate of drug-likeness (QED) is 0.465. The molecule has 0 fully saturated rings. The normalized spacial score (nSPS) is 12.1. The number of fused-ring (bicyclic) bond motifs is 1. The standard InChI is InChI=1S/C10H8N2O.C9H15N/c11-10-8-4-2-1-3-7(8)5-6-9(10)12-13;1-4-8(3)6-7-9(10)5-2/h1-6H,11H2;4-7H,10H2,1-3H3/b;7-6-,8-4-,9-5-. The van der Waals surface area contributed by atoms with Gasteiger partial charge in [0.25, 0.3) is 0 Å². The van der Waals surface area contributed by atoms with Crippen molar-refractivity contribution >= 4 is 22.1 Å². The molecular formula is C19H23N3O. The summed E-state index contributed by atoms with van der Waals surface area (Å²) in [5.74, 6) is 0. The van der Waals surface area contributed by atoms with E-state index >= 15 is 0 Å². The third-order valence-corrected chi connectivity index (χ3v) is 3.37. The molecule has 4 N–H and O–H groups in total. The summed E-state index contributed by atoms with van der Waals surface area (Å²) in [6, 6.07) is 11.1. The Morgan fingerprint density at radius 2 is 1.74 bits per heavy atom. The van der Waals surface area contributed by atoms with E-state index in [1.54, 1.807) is 6.07 Å². The fourth-order valence-electron chi connectivity index (χ4n) is 1.78. The van der Waals surface area contributed by atoms with E-state index in [0.29, 0.717) is 11.4 Å². The summed E-state index contributed by atoms with van der Waals surface area (Å²) < 4.78 is 0. The molecule has 0 spiro atoms. The molecule has 0 aliphatic carbocycles. The summed E-state index contributed by atoms with van der Waals surface area (Å²) >= 11 is 0. The Labute approximate surface area is 137 Å². The van der Waals surface area contributed by atoms with E-state index in [9.17, 15) is 4.91 Å². The average molecular weight is 309 g/mol. The van der Waals surface area contributed by atoms with Crippen LogP contribution in [-0.2, 0) is 0 Å². The van der Waals surface area contributed by atoms with Crippen molar-refractivity contribution in [1.82, 2.24) is 0 Å². The summed E-state index contributed by atoms with van der Waals surface area (Å²) in [5, 5.41) is 4.74. The van der Waals surface area contributed by atoms with E-state index in [-0.39, 0.29) is 0 Å². The Balaban J connectivity index is 0.000000241. The second-order valence-electron chi connectivity index (χ2n) is 4.97. The van der Waals surface area contributed by atoms with Gasteiger partial charge in [0.1, 0.15) is 5.69 Å². The van der Waals surface area contributed by atoms with Crippen LogP contribution in [0.2, 0.25) is 0 Å². The largest absolute Gasteiger partial charge is 0.399 e. The van der Waals surface area contributed by atoms with Gasteiger partial charge in [-0.3, -0.25) is 0 Å². The van der Waals surface area contributed by atoms with Crippen LogP contribution < -0.4 is 11.5 Å². The number of hydrogen-bond donors (Lipinski definition) is 2. The SMILES string of the molecule is C\C=C(C)/C=C\C(N)=C\C.Nc1c(N=O)ccc2ccccc12. The minimum absolute atomic E-state index is 0.304. The van der Waals surface area contributed by atoms with Crippen LogP contribution in [0.1, 0.15) is 20.8 Å². The third-order valence-electron chi connectivity index (χ3n) is 3.37. The second kappa shape index (κ2) is 9.20. The van der Waals surface area contributed by atoms with Gasteiger partial charge in [0.2, 0.25) is 0 Å². The minimum atomic E-state index is 0.304. The van der Waals surface area contributed by atoms with Gasteiger partial charge in [0.15, 0.2) is 0 Å². The predicted molar refractivity (Wildman–Crippen MR) is 100 cm³/mol. The zero-order valence-corrected chi connectivity index (χ0v) is 13.8. The van der Waals surface area contributed by atoms with Gasteiger partial charge in [-0.15, -0.1) is 4.91 Å². The van der Waals surface area contributed by atoms with Crippen molar-refractivity contribution < 1.29 is 0 Å². The monoisotopic (exact) mass is 309 g/mol. The summed E-state index contributed by atoms with van der Waals surface area (Å²) in [7, 11) is 0. The van der Waals surface area contributed by atoms with Crippen LogP contribution in [0.4, 0.5) is 11.4 Å². The van der Waals surface area contributed by atoms with Gasteiger partial charge in [0, 0.05) is 11.1 Å². The molecule has 0 amide bonds. The molecule has 0 heterocycles. The maximum absolute atomic E-state index is 10.3. The topological polar surface area (TPSA) is 81.5 Å². The number of nitrogen functional groups attached to an aromatic ring is 1. The predicted octanol–water partition coefficient (Wildman–Crippen LogP) is 5.19. The molecule has 0 atom stereocenters.